The second kappa shape index (κ2) is 7.87. The molecule has 1 saturated heterocycles. The molecule has 2 N–H and O–H groups in total. The molecular weight excluding hydrogens is 278 g/mol. The van der Waals surface area contributed by atoms with Crippen LogP contribution in [0, 0.1) is 0 Å². The molecule has 1 aromatic heterocycles. The largest absolute Gasteiger partial charge is 0.355 e. The maximum Gasteiger partial charge on any atom is 0.315 e. The molecule has 0 spiro atoms. The lowest BCUT2D eigenvalue weighted by molar-refractivity contribution is 0.230. The zero-order valence-corrected chi connectivity index (χ0v) is 13.6. The molecule has 2 heterocycles. The number of carbonyl (C=O) groups excluding carboxylic acids is 1. The van der Waals surface area contributed by atoms with Crippen molar-refractivity contribution in [2.75, 3.05) is 18.0 Å². The van der Waals surface area contributed by atoms with Gasteiger partial charge in [0.1, 0.15) is 5.82 Å². The minimum Gasteiger partial charge on any atom is -0.355 e. The highest BCUT2D eigenvalue weighted by molar-refractivity contribution is 5.74. The molecule has 6 heteroatoms. The van der Waals surface area contributed by atoms with E-state index >= 15 is 0 Å². The minimum atomic E-state index is -0.0782. The molecule has 0 aromatic carbocycles. The maximum atomic E-state index is 12.1. The van der Waals surface area contributed by atoms with Crippen molar-refractivity contribution < 1.29 is 4.79 Å². The summed E-state index contributed by atoms with van der Waals surface area (Å²) in [6.07, 6.45) is 7.44. The Morgan fingerprint density at radius 1 is 1.64 bits per heavy atom. The van der Waals surface area contributed by atoms with Crippen LogP contribution in [-0.4, -0.2) is 41.0 Å². The molecular formula is C16H27N5O. The van der Waals surface area contributed by atoms with Gasteiger partial charge in [0.15, 0.2) is 0 Å². The highest BCUT2D eigenvalue weighted by Crippen LogP contribution is 2.18. The summed E-state index contributed by atoms with van der Waals surface area (Å²) < 4.78 is 1.87. The van der Waals surface area contributed by atoms with Crippen LogP contribution in [-0.2, 0) is 7.05 Å². The van der Waals surface area contributed by atoms with Crippen molar-refractivity contribution in [3.8, 4) is 0 Å². The van der Waals surface area contributed by atoms with Gasteiger partial charge in [-0.2, -0.15) is 5.10 Å². The predicted molar refractivity (Wildman–Crippen MR) is 89.0 cm³/mol. The van der Waals surface area contributed by atoms with E-state index in [2.05, 4.69) is 34.1 Å². The molecule has 1 aliphatic rings. The molecule has 0 saturated carbocycles. The van der Waals surface area contributed by atoms with Crippen molar-refractivity contribution in [3.05, 3.63) is 24.9 Å². The van der Waals surface area contributed by atoms with E-state index in [1.807, 2.05) is 23.9 Å². The van der Waals surface area contributed by atoms with Gasteiger partial charge in [-0.1, -0.05) is 13.0 Å². The van der Waals surface area contributed by atoms with E-state index in [1.54, 1.807) is 6.20 Å². The van der Waals surface area contributed by atoms with Gasteiger partial charge in [-0.05, 0) is 25.7 Å². The fourth-order valence-corrected chi connectivity index (χ4v) is 2.92. The van der Waals surface area contributed by atoms with E-state index in [9.17, 15) is 4.79 Å². The number of amides is 2. The molecule has 2 rings (SSSR count). The third-order valence-electron chi connectivity index (χ3n) is 4.15. The summed E-state index contributed by atoms with van der Waals surface area (Å²) in [5, 5.41) is 10.3. The van der Waals surface area contributed by atoms with Crippen LogP contribution in [0.5, 0.6) is 0 Å². The van der Waals surface area contributed by atoms with E-state index in [-0.39, 0.29) is 18.1 Å². The summed E-state index contributed by atoms with van der Waals surface area (Å²) in [5.74, 6) is 1.10. The number of nitrogens with one attached hydrogen (secondary N) is 2. The quantitative estimate of drug-likeness (QED) is 0.791. The van der Waals surface area contributed by atoms with Crippen LogP contribution in [0.15, 0.2) is 24.9 Å². The first-order valence-corrected chi connectivity index (χ1v) is 8.05. The van der Waals surface area contributed by atoms with Crippen LogP contribution in [0.4, 0.5) is 10.6 Å². The molecule has 22 heavy (non-hydrogen) atoms. The van der Waals surface area contributed by atoms with E-state index in [1.165, 1.54) is 0 Å². The smallest absolute Gasteiger partial charge is 0.315 e. The van der Waals surface area contributed by atoms with Gasteiger partial charge in [-0.15, -0.1) is 6.58 Å². The molecule has 6 nitrogen and oxygen atoms in total. The predicted octanol–water partition coefficient (Wildman–Crippen LogP) is 2.04. The SMILES string of the molecule is C=CC[C@@H](CC)NC(=O)N[C@@H]1CCCN(c2ccnn2C)C1. The molecule has 122 valence electrons. The average Bonchev–Trinajstić information content (AvgIpc) is 2.93. The molecule has 0 radical (unpaired) electrons. The molecule has 1 aliphatic heterocycles. The standard InChI is InChI=1S/C16H27N5O/c1-4-7-13(5-2)18-16(22)19-14-8-6-11-21(12-14)15-9-10-17-20(15)3/h4,9-10,13-14H,1,5-8,11-12H2,2-3H3,(H2,18,19,22)/t13-,14-/m1/s1. The Kier molecular flexibility index (Phi) is 5.86. The van der Waals surface area contributed by atoms with Crippen molar-refractivity contribution in [3.63, 3.8) is 0 Å². The normalized spacial score (nSPS) is 19.5. The Labute approximate surface area is 132 Å². The Balaban J connectivity index is 1.86. The number of aromatic nitrogens is 2. The topological polar surface area (TPSA) is 62.2 Å². The molecule has 1 aromatic rings. The van der Waals surface area contributed by atoms with E-state index in [4.69, 9.17) is 0 Å². The van der Waals surface area contributed by atoms with Crippen LogP contribution in [0.1, 0.15) is 32.6 Å². The fraction of sp³-hybridized carbons (Fsp3) is 0.625. The van der Waals surface area contributed by atoms with Crippen LogP contribution in [0.25, 0.3) is 0 Å². The van der Waals surface area contributed by atoms with Crippen LogP contribution >= 0.6 is 0 Å². The third kappa shape index (κ3) is 4.26. The zero-order chi connectivity index (χ0) is 15.9. The van der Waals surface area contributed by atoms with Crippen LogP contribution < -0.4 is 15.5 Å². The molecule has 1 fully saturated rings. The first-order valence-electron chi connectivity index (χ1n) is 8.05. The first kappa shape index (κ1) is 16.4. The van der Waals surface area contributed by atoms with Crippen LogP contribution in [0.3, 0.4) is 0 Å². The average molecular weight is 305 g/mol. The number of carbonyl (C=O) groups is 1. The van der Waals surface area contributed by atoms with Crippen LogP contribution in [0.2, 0.25) is 0 Å². The number of hydrogen-bond acceptors (Lipinski definition) is 3. The number of hydrogen-bond donors (Lipinski definition) is 2. The number of rotatable bonds is 6. The van der Waals surface area contributed by atoms with Gasteiger partial charge in [-0.3, -0.25) is 4.68 Å². The first-order chi connectivity index (χ1) is 10.6. The monoisotopic (exact) mass is 305 g/mol. The summed E-state index contributed by atoms with van der Waals surface area (Å²) in [6, 6.07) is 2.27. The minimum absolute atomic E-state index is 0.0782. The highest BCUT2D eigenvalue weighted by atomic mass is 16.2. The van der Waals surface area contributed by atoms with Gasteiger partial charge in [0, 0.05) is 38.3 Å². The van der Waals surface area contributed by atoms with Crippen molar-refractivity contribution in [1.29, 1.82) is 0 Å². The Morgan fingerprint density at radius 2 is 2.45 bits per heavy atom. The summed E-state index contributed by atoms with van der Waals surface area (Å²) in [6.45, 7) is 7.63. The highest BCUT2D eigenvalue weighted by Gasteiger charge is 2.23. The lowest BCUT2D eigenvalue weighted by Gasteiger charge is -2.34. The van der Waals surface area contributed by atoms with Crippen molar-refractivity contribution in [2.45, 2.75) is 44.7 Å². The molecule has 2 atom stereocenters. The maximum absolute atomic E-state index is 12.1. The zero-order valence-electron chi connectivity index (χ0n) is 13.6. The van der Waals surface area contributed by atoms with Gasteiger partial charge in [-0.25, -0.2) is 4.79 Å². The Hall–Kier alpha value is -1.98. The van der Waals surface area contributed by atoms with E-state index in [0.29, 0.717) is 0 Å². The van der Waals surface area contributed by atoms with E-state index in [0.717, 1.165) is 44.6 Å². The van der Waals surface area contributed by atoms with Gasteiger partial charge >= 0.3 is 6.03 Å². The fourth-order valence-electron chi connectivity index (χ4n) is 2.92. The Bertz CT molecular complexity index is 498. The summed E-state index contributed by atoms with van der Waals surface area (Å²) in [5.41, 5.74) is 0. The van der Waals surface area contributed by atoms with Crippen molar-refractivity contribution in [1.82, 2.24) is 20.4 Å². The van der Waals surface area contributed by atoms with E-state index < -0.39 is 0 Å². The van der Waals surface area contributed by atoms with Gasteiger partial charge in [0.25, 0.3) is 0 Å². The molecule has 0 aliphatic carbocycles. The third-order valence-corrected chi connectivity index (χ3v) is 4.15. The molecule has 2 amide bonds. The lowest BCUT2D eigenvalue weighted by atomic mass is 10.1. The van der Waals surface area contributed by atoms with Gasteiger partial charge < -0.3 is 15.5 Å². The lowest BCUT2D eigenvalue weighted by Crippen LogP contribution is -2.52. The summed E-state index contributed by atoms with van der Waals surface area (Å²) in [4.78, 5) is 14.4. The number of aryl methyl sites for hydroxylation is 1. The van der Waals surface area contributed by atoms with Crippen molar-refractivity contribution >= 4 is 11.8 Å². The molecule has 0 unspecified atom stereocenters. The second-order valence-corrected chi connectivity index (χ2v) is 5.85. The summed E-state index contributed by atoms with van der Waals surface area (Å²) >= 11 is 0. The van der Waals surface area contributed by atoms with Crippen molar-refractivity contribution in [2.24, 2.45) is 7.05 Å². The van der Waals surface area contributed by atoms with Gasteiger partial charge in [0.2, 0.25) is 0 Å². The molecule has 0 bridgehead atoms. The second-order valence-electron chi connectivity index (χ2n) is 5.85. The van der Waals surface area contributed by atoms with Gasteiger partial charge in [0.05, 0.1) is 6.20 Å². The number of piperidine rings is 1. The number of urea groups is 1. The summed E-state index contributed by atoms with van der Waals surface area (Å²) in [7, 11) is 1.94. The number of anilines is 1. The number of nitrogens with zero attached hydrogens (tertiary/aromatic N) is 3. The Morgan fingerprint density at radius 3 is 3.09 bits per heavy atom.